The molecular formula is C19H20O5S. The lowest BCUT2D eigenvalue weighted by atomic mass is 10.3. The van der Waals surface area contributed by atoms with E-state index in [1.807, 2.05) is 18.2 Å². The number of hydrogen-bond acceptors (Lipinski definition) is 6. The highest BCUT2D eigenvalue weighted by Gasteiger charge is 2.13. The van der Waals surface area contributed by atoms with Gasteiger partial charge in [0.15, 0.2) is 11.5 Å². The number of hydrogen-bond donors (Lipinski definition) is 0. The van der Waals surface area contributed by atoms with Gasteiger partial charge in [0.1, 0.15) is 24.7 Å². The Kier molecular flexibility index (Phi) is 6.06. The fourth-order valence-corrected chi connectivity index (χ4v) is 2.94. The van der Waals surface area contributed by atoms with Crippen molar-refractivity contribution in [2.45, 2.75) is 18.2 Å². The molecule has 132 valence electrons. The lowest BCUT2D eigenvalue weighted by Crippen LogP contribution is -2.15. The van der Waals surface area contributed by atoms with Crippen molar-refractivity contribution in [3.8, 4) is 23.0 Å². The summed E-state index contributed by atoms with van der Waals surface area (Å²) in [6.45, 7) is 3.83. The van der Waals surface area contributed by atoms with E-state index in [0.717, 1.165) is 22.8 Å². The molecule has 0 aromatic heterocycles. The first-order valence-corrected chi connectivity index (χ1v) is 9.19. The molecule has 3 rings (SSSR count). The van der Waals surface area contributed by atoms with Crippen molar-refractivity contribution in [2.75, 3.05) is 25.6 Å². The molecule has 0 fully saturated rings. The minimum atomic E-state index is -0.304. The Balaban J connectivity index is 1.49. The number of thioether (sulfide) groups is 1. The Morgan fingerprint density at radius 2 is 1.76 bits per heavy atom. The fraction of sp³-hybridized carbons (Fsp3) is 0.316. The standard InChI is InChI=1S/C19H20O5S/c1-2-9-21-14-3-5-15(6-4-14)24-19(20)13-25-16-7-8-17-18(12-16)23-11-10-22-17/h3-8,12H,2,9-11,13H2,1H3. The molecule has 5 nitrogen and oxygen atoms in total. The van der Waals surface area contributed by atoms with Crippen LogP contribution in [0.3, 0.4) is 0 Å². The minimum Gasteiger partial charge on any atom is -0.494 e. The maximum absolute atomic E-state index is 12.0. The van der Waals surface area contributed by atoms with E-state index in [1.165, 1.54) is 11.8 Å². The Labute approximate surface area is 151 Å². The van der Waals surface area contributed by atoms with Gasteiger partial charge in [0.2, 0.25) is 0 Å². The summed E-state index contributed by atoms with van der Waals surface area (Å²) in [7, 11) is 0. The van der Waals surface area contributed by atoms with Crippen LogP contribution in [0.1, 0.15) is 13.3 Å². The number of ether oxygens (including phenoxy) is 4. The van der Waals surface area contributed by atoms with Gasteiger partial charge in [-0.25, -0.2) is 0 Å². The Morgan fingerprint density at radius 3 is 2.52 bits per heavy atom. The van der Waals surface area contributed by atoms with Crippen LogP contribution in [-0.2, 0) is 4.79 Å². The molecule has 6 heteroatoms. The van der Waals surface area contributed by atoms with Gasteiger partial charge in [-0.05, 0) is 48.9 Å². The summed E-state index contributed by atoms with van der Waals surface area (Å²) < 4.78 is 21.9. The van der Waals surface area contributed by atoms with E-state index in [4.69, 9.17) is 18.9 Å². The molecule has 2 aromatic carbocycles. The number of esters is 1. The lowest BCUT2D eigenvalue weighted by molar-refractivity contribution is -0.131. The molecule has 0 saturated carbocycles. The van der Waals surface area contributed by atoms with Crippen molar-refractivity contribution in [1.82, 2.24) is 0 Å². The van der Waals surface area contributed by atoms with Crippen LogP contribution in [0.4, 0.5) is 0 Å². The summed E-state index contributed by atoms with van der Waals surface area (Å²) >= 11 is 1.40. The summed E-state index contributed by atoms with van der Waals surface area (Å²) in [5.74, 6) is 2.65. The first kappa shape index (κ1) is 17.5. The molecule has 0 aliphatic carbocycles. The van der Waals surface area contributed by atoms with Crippen LogP contribution in [0, 0.1) is 0 Å². The van der Waals surface area contributed by atoms with Gasteiger partial charge in [0, 0.05) is 4.90 Å². The lowest BCUT2D eigenvalue weighted by Gasteiger charge is -2.18. The summed E-state index contributed by atoms with van der Waals surface area (Å²) in [4.78, 5) is 12.9. The Morgan fingerprint density at radius 1 is 1.04 bits per heavy atom. The zero-order valence-electron chi connectivity index (χ0n) is 14.0. The molecule has 0 bridgehead atoms. The summed E-state index contributed by atoms with van der Waals surface area (Å²) in [5, 5.41) is 0. The Bertz CT molecular complexity index is 714. The second-order valence-corrected chi connectivity index (χ2v) is 6.44. The quantitative estimate of drug-likeness (QED) is 0.423. The number of fused-ring (bicyclic) bond motifs is 1. The molecule has 0 saturated heterocycles. The van der Waals surface area contributed by atoms with E-state index in [1.54, 1.807) is 24.3 Å². The maximum atomic E-state index is 12.0. The van der Waals surface area contributed by atoms with Gasteiger partial charge in [-0.15, -0.1) is 11.8 Å². The van der Waals surface area contributed by atoms with E-state index in [0.29, 0.717) is 31.3 Å². The number of carbonyl (C=O) groups is 1. The smallest absolute Gasteiger partial charge is 0.321 e. The molecular weight excluding hydrogens is 340 g/mol. The van der Waals surface area contributed by atoms with Crippen molar-refractivity contribution >= 4 is 17.7 Å². The van der Waals surface area contributed by atoms with Gasteiger partial charge in [0.05, 0.1) is 12.4 Å². The average Bonchev–Trinajstić information content (AvgIpc) is 2.65. The first-order chi connectivity index (χ1) is 12.2. The molecule has 25 heavy (non-hydrogen) atoms. The van der Waals surface area contributed by atoms with Gasteiger partial charge in [-0.2, -0.15) is 0 Å². The second-order valence-electron chi connectivity index (χ2n) is 5.39. The summed E-state index contributed by atoms with van der Waals surface area (Å²) in [5.41, 5.74) is 0. The molecule has 2 aromatic rings. The van der Waals surface area contributed by atoms with E-state index in [9.17, 15) is 4.79 Å². The third-order valence-electron chi connectivity index (χ3n) is 3.40. The van der Waals surface area contributed by atoms with Crippen LogP contribution in [0.2, 0.25) is 0 Å². The SMILES string of the molecule is CCCOc1ccc(OC(=O)CSc2ccc3c(c2)OCCO3)cc1. The number of benzene rings is 2. The highest BCUT2D eigenvalue weighted by Crippen LogP contribution is 2.34. The van der Waals surface area contributed by atoms with Gasteiger partial charge >= 0.3 is 5.97 Å². The fourth-order valence-electron chi connectivity index (χ4n) is 2.24. The predicted molar refractivity (Wildman–Crippen MR) is 96.0 cm³/mol. The van der Waals surface area contributed by atoms with Gasteiger partial charge in [0.25, 0.3) is 0 Å². The van der Waals surface area contributed by atoms with Crippen LogP contribution < -0.4 is 18.9 Å². The molecule has 1 aliphatic heterocycles. The molecule has 0 spiro atoms. The van der Waals surface area contributed by atoms with Gasteiger partial charge < -0.3 is 18.9 Å². The Hall–Kier alpha value is -2.34. The molecule has 1 aliphatic rings. The third-order valence-corrected chi connectivity index (χ3v) is 4.37. The van der Waals surface area contributed by atoms with Crippen LogP contribution in [0.5, 0.6) is 23.0 Å². The van der Waals surface area contributed by atoms with Crippen LogP contribution in [0.15, 0.2) is 47.4 Å². The monoisotopic (exact) mass is 360 g/mol. The first-order valence-electron chi connectivity index (χ1n) is 8.20. The van der Waals surface area contributed by atoms with Crippen LogP contribution in [0.25, 0.3) is 0 Å². The molecule has 0 N–H and O–H groups in total. The van der Waals surface area contributed by atoms with Crippen molar-refractivity contribution in [3.05, 3.63) is 42.5 Å². The largest absolute Gasteiger partial charge is 0.494 e. The van der Waals surface area contributed by atoms with E-state index >= 15 is 0 Å². The molecule has 0 atom stereocenters. The number of rotatable bonds is 7. The second kappa shape index (κ2) is 8.67. The highest BCUT2D eigenvalue weighted by molar-refractivity contribution is 8.00. The zero-order valence-corrected chi connectivity index (χ0v) is 14.8. The average molecular weight is 360 g/mol. The highest BCUT2D eigenvalue weighted by atomic mass is 32.2. The van der Waals surface area contributed by atoms with Crippen molar-refractivity contribution in [2.24, 2.45) is 0 Å². The van der Waals surface area contributed by atoms with Gasteiger partial charge in [-0.1, -0.05) is 6.92 Å². The summed E-state index contributed by atoms with van der Waals surface area (Å²) in [6.07, 6.45) is 0.952. The maximum Gasteiger partial charge on any atom is 0.321 e. The van der Waals surface area contributed by atoms with Crippen molar-refractivity contribution < 1.29 is 23.7 Å². The molecule has 0 amide bonds. The number of carbonyl (C=O) groups excluding carboxylic acids is 1. The third kappa shape index (κ3) is 5.06. The van der Waals surface area contributed by atoms with E-state index < -0.39 is 0 Å². The van der Waals surface area contributed by atoms with Crippen LogP contribution >= 0.6 is 11.8 Å². The van der Waals surface area contributed by atoms with E-state index in [-0.39, 0.29) is 11.7 Å². The molecule has 0 unspecified atom stereocenters. The van der Waals surface area contributed by atoms with E-state index in [2.05, 4.69) is 6.92 Å². The normalized spacial score (nSPS) is 12.5. The minimum absolute atomic E-state index is 0.216. The van der Waals surface area contributed by atoms with Gasteiger partial charge in [-0.3, -0.25) is 4.79 Å². The zero-order chi connectivity index (χ0) is 17.5. The van der Waals surface area contributed by atoms with Crippen LogP contribution in [-0.4, -0.2) is 31.5 Å². The van der Waals surface area contributed by atoms with Crippen molar-refractivity contribution in [3.63, 3.8) is 0 Å². The predicted octanol–water partition coefficient (Wildman–Crippen LogP) is 3.94. The summed E-state index contributed by atoms with van der Waals surface area (Å²) in [6, 6.07) is 12.7. The van der Waals surface area contributed by atoms with Crippen molar-refractivity contribution in [1.29, 1.82) is 0 Å². The topological polar surface area (TPSA) is 54.0 Å². The molecule has 1 heterocycles. The molecule has 0 radical (unpaired) electrons.